The second-order valence-corrected chi connectivity index (χ2v) is 22.1. The molecule has 16 nitrogen and oxygen atoms in total. The minimum Gasteiger partial charge on any atom is -0.480 e. The van der Waals surface area contributed by atoms with E-state index < -0.39 is 89.8 Å². The number of nitrogens with one attached hydrogen (secondary N) is 4. The van der Waals surface area contributed by atoms with Crippen molar-refractivity contribution in [1.29, 1.82) is 0 Å². The summed E-state index contributed by atoms with van der Waals surface area (Å²) in [6, 6.07) is 58.7. The third-order valence-electron chi connectivity index (χ3n) is 16.8. The number of carboxylic acid groups (broad SMARTS) is 1. The maximum Gasteiger partial charge on any atom is 0.407 e. The van der Waals surface area contributed by atoms with Crippen LogP contribution in [0.25, 0.3) is 44.5 Å². The van der Waals surface area contributed by atoms with Gasteiger partial charge < -0.3 is 50.1 Å². The quantitative estimate of drug-likeness (QED) is 0.0144. The van der Waals surface area contributed by atoms with Crippen LogP contribution in [0, 0.1) is 29.1 Å². The second-order valence-electron chi connectivity index (χ2n) is 22.1. The molecule has 2 unspecified atom stereocenters. The smallest absolute Gasteiger partial charge is 0.407 e. The summed E-state index contributed by atoms with van der Waals surface area (Å²) in [5.74, 6) is -17.8. The molecule has 0 radical (unpaired) electrons. The molecule has 0 heterocycles. The number of hydrogen-bond acceptors (Lipinski definition) is 11. The second kappa shape index (κ2) is 27.0. The van der Waals surface area contributed by atoms with Gasteiger partial charge in [-0.1, -0.05) is 194 Å². The maximum absolute atomic E-state index is 14.4. The zero-order valence-electron chi connectivity index (χ0n) is 49.0. The molecular formula is C72H55F5N4O12. The number of amides is 4. The molecule has 9 aromatic rings. The van der Waals surface area contributed by atoms with Gasteiger partial charge in [0.2, 0.25) is 34.8 Å². The van der Waals surface area contributed by atoms with E-state index in [1.807, 2.05) is 194 Å². The molecule has 21 heteroatoms. The first-order valence-corrected chi connectivity index (χ1v) is 29.5. The standard InChI is InChI=1S/C39H27F5N2O6.C33H28N2O6/c40-31-32(41)34(43)36(35(44)33(31)42)52-37(47)30(46-39(49)51-19-29-26-15-7-3-11-22(26)23-12-4-8-16-27(23)29)17-45-38(48)50-18-28-24-13-5-1-9-20(24)21-10-2-6-14-25(21)28;36-31(37)30(35-33(39)41-19-29-26-15-7-3-11-22(26)23-12-4-8-16-27(23)29)17-34-32(38)40-18-28-24-13-5-1-9-20(24)21-10-2-6-14-25(21)28/h1-16,28-30H,17-19H2,(H,45,48)(H,46,49);1-16,28-30H,17-19H2,(H,34,38)(H,35,39)(H,36,37). The lowest BCUT2D eigenvalue weighted by atomic mass is 9.98. The first kappa shape index (κ1) is 61.9. The highest BCUT2D eigenvalue weighted by Crippen LogP contribution is 2.48. The van der Waals surface area contributed by atoms with E-state index in [-0.39, 0.29) is 56.6 Å². The van der Waals surface area contributed by atoms with E-state index in [0.717, 1.165) is 89.0 Å². The van der Waals surface area contributed by atoms with E-state index in [0.29, 0.717) is 0 Å². The molecule has 0 aliphatic heterocycles. The Morgan fingerprint density at radius 1 is 0.333 bits per heavy atom. The molecule has 0 saturated heterocycles. The molecule has 4 amide bonds. The van der Waals surface area contributed by atoms with Gasteiger partial charge in [-0.15, -0.1) is 0 Å². The average molecular weight is 1260 g/mol. The summed E-state index contributed by atoms with van der Waals surface area (Å²) in [6.45, 7) is -1.31. The van der Waals surface area contributed by atoms with Gasteiger partial charge in [0.25, 0.3) is 0 Å². The number of halogens is 5. The minimum atomic E-state index is -2.46. The monoisotopic (exact) mass is 1260 g/mol. The first-order chi connectivity index (χ1) is 45.1. The minimum absolute atomic E-state index is 0.0476. The SMILES string of the molecule is O=C(NCC(NC(=O)OCC1c2ccccc2-c2ccccc21)C(=O)O)OCC1c2ccccc2-c2ccccc21.O=C(NCC(NC(=O)OCC1c2ccccc2-c2ccccc21)C(=O)Oc1c(F)c(F)c(F)c(F)c1F)OCC1c2ccccc2-c2ccccc21. The van der Waals surface area contributed by atoms with Gasteiger partial charge >= 0.3 is 36.3 Å². The van der Waals surface area contributed by atoms with Crippen LogP contribution in [0.3, 0.4) is 0 Å². The van der Waals surface area contributed by atoms with Gasteiger partial charge in [0.15, 0.2) is 0 Å². The van der Waals surface area contributed by atoms with E-state index in [1.165, 1.54) is 0 Å². The topological polar surface area (TPSA) is 217 Å². The highest BCUT2D eigenvalue weighted by atomic mass is 19.2. The third kappa shape index (κ3) is 12.6. The summed E-state index contributed by atoms with van der Waals surface area (Å²) in [4.78, 5) is 76.0. The molecule has 0 saturated carbocycles. The molecule has 0 spiro atoms. The zero-order chi connectivity index (χ0) is 64.9. The molecule has 470 valence electrons. The van der Waals surface area contributed by atoms with Crippen LogP contribution in [0.15, 0.2) is 194 Å². The van der Waals surface area contributed by atoms with Crippen molar-refractivity contribution in [3.8, 4) is 50.3 Å². The lowest BCUT2D eigenvalue weighted by molar-refractivity contribution is -0.139. The highest BCUT2D eigenvalue weighted by molar-refractivity contribution is 5.86. The fourth-order valence-electron chi connectivity index (χ4n) is 12.5. The van der Waals surface area contributed by atoms with Crippen LogP contribution in [0.2, 0.25) is 0 Å². The zero-order valence-corrected chi connectivity index (χ0v) is 49.0. The number of alkyl carbamates (subject to hydrolysis) is 4. The van der Waals surface area contributed by atoms with Crippen molar-refractivity contribution in [2.45, 2.75) is 35.8 Å². The summed E-state index contributed by atoms with van der Waals surface area (Å²) < 4.78 is 96.5. The summed E-state index contributed by atoms with van der Waals surface area (Å²) >= 11 is 0. The van der Waals surface area contributed by atoms with Gasteiger partial charge in [-0.05, 0) is 89.0 Å². The molecule has 4 aliphatic rings. The number of ether oxygens (including phenoxy) is 5. The Hall–Kier alpha value is -11.4. The normalized spacial score (nSPS) is 13.5. The number of esters is 1. The number of carbonyl (C=O) groups excluding carboxylic acids is 5. The predicted octanol–water partition coefficient (Wildman–Crippen LogP) is 13.3. The molecule has 0 fully saturated rings. The molecule has 0 aromatic heterocycles. The van der Waals surface area contributed by atoms with Crippen LogP contribution in [0.4, 0.5) is 41.1 Å². The Bertz CT molecular complexity index is 4200. The number of fused-ring (bicyclic) bond motifs is 12. The Morgan fingerprint density at radius 3 is 0.828 bits per heavy atom. The Balaban J connectivity index is 0.000000184. The number of benzene rings is 9. The maximum atomic E-state index is 14.4. The molecule has 9 aromatic carbocycles. The van der Waals surface area contributed by atoms with Gasteiger partial charge in [-0.25, -0.2) is 41.9 Å². The first-order valence-electron chi connectivity index (χ1n) is 29.5. The molecule has 2 atom stereocenters. The van der Waals surface area contributed by atoms with Crippen LogP contribution in [0.5, 0.6) is 5.75 Å². The fourth-order valence-corrected chi connectivity index (χ4v) is 12.5. The van der Waals surface area contributed by atoms with E-state index in [2.05, 4.69) is 26.0 Å². The Morgan fingerprint density at radius 2 is 0.559 bits per heavy atom. The van der Waals surface area contributed by atoms with Gasteiger partial charge in [-0.2, -0.15) is 8.78 Å². The molecule has 13 rings (SSSR count). The van der Waals surface area contributed by atoms with Crippen LogP contribution in [0.1, 0.15) is 68.2 Å². The third-order valence-corrected chi connectivity index (χ3v) is 16.8. The van der Waals surface area contributed by atoms with Gasteiger partial charge in [-0.3, -0.25) is 0 Å². The van der Waals surface area contributed by atoms with Crippen molar-refractivity contribution in [1.82, 2.24) is 21.3 Å². The van der Waals surface area contributed by atoms with Crippen molar-refractivity contribution >= 4 is 36.3 Å². The van der Waals surface area contributed by atoms with E-state index in [9.17, 15) is 55.8 Å². The van der Waals surface area contributed by atoms with Crippen LogP contribution in [-0.4, -0.2) is 93.0 Å². The molecule has 4 aliphatic carbocycles. The summed E-state index contributed by atoms with van der Waals surface area (Å²) in [6.07, 6.45) is -3.89. The average Bonchev–Trinajstić information content (AvgIpc) is 1.60. The van der Waals surface area contributed by atoms with E-state index >= 15 is 0 Å². The molecular weight excluding hydrogens is 1210 g/mol. The molecule has 5 N–H and O–H groups in total. The summed E-state index contributed by atoms with van der Waals surface area (Å²) in [7, 11) is 0. The van der Waals surface area contributed by atoms with Crippen LogP contribution in [-0.2, 0) is 28.5 Å². The van der Waals surface area contributed by atoms with Crippen LogP contribution < -0.4 is 26.0 Å². The summed E-state index contributed by atoms with van der Waals surface area (Å²) in [5, 5.41) is 18.9. The van der Waals surface area contributed by atoms with Crippen molar-refractivity contribution in [3.05, 3.63) is 268 Å². The molecule has 0 bridgehead atoms. The fraction of sp³-hybridized carbons (Fsp3) is 0.167. The van der Waals surface area contributed by atoms with Crippen molar-refractivity contribution in [2.24, 2.45) is 0 Å². The number of carboxylic acids is 1. The van der Waals surface area contributed by atoms with Gasteiger partial charge in [0.05, 0.1) is 13.1 Å². The molecule has 93 heavy (non-hydrogen) atoms. The number of rotatable bonds is 17. The number of aliphatic carboxylic acids is 1. The van der Waals surface area contributed by atoms with E-state index in [1.54, 1.807) is 0 Å². The van der Waals surface area contributed by atoms with Crippen molar-refractivity contribution < 1.29 is 79.5 Å². The lowest BCUT2D eigenvalue weighted by Crippen LogP contribution is -2.50. The van der Waals surface area contributed by atoms with Crippen molar-refractivity contribution in [3.63, 3.8) is 0 Å². The van der Waals surface area contributed by atoms with Crippen LogP contribution >= 0.6 is 0 Å². The lowest BCUT2D eigenvalue weighted by Gasteiger charge is -2.20. The summed E-state index contributed by atoms with van der Waals surface area (Å²) in [5.41, 5.74) is 16.1. The van der Waals surface area contributed by atoms with Gasteiger partial charge in [0, 0.05) is 23.7 Å². The largest absolute Gasteiger partial charge is 0.480 e. The van der Waals surface area contributed by atoms with E-state index in [4.69, 9.17) is 18.9 Å². The Labute approximate surface area is 528 Å². The number of hydrogen-bond donors (Lipinski definition) is 5. The highest BCUT2D eigenvalue weighted by Gasteiger charge is 2.36. The Kier molecular flexibility index (Phi) is 18.0. The van der Waals surface area contributed by atoms with Crippen molar-refractivity contribution in [2.75, 3.05) is 39.5 Å². The van der Waals surface area contributed by atoms with Gasteiger partial charge in [0.1, 0.15) is 38.5 Å². The number of carbonyl (C=O) groups is 6. The predicted molar refractivity (Wildman–Crippen MR) is 330 cm³/mol.